The summed E-state index contributed by atoms with van der Waals surface area (Å²) in [6.45, 7) is 28.0. The summed E-state index contributed by atoms with van der Waals surface area (Å²) in [4.78, 5) is 15.7. The van der Waals surface area contributed by atoms with E-state index in [0.717, 1.165) is 51.4 Å². The molecule has 0 unspecified atom stereocenters. The average molecular weight is 571 g/mol. The number of hydrogen-bond donors (Lipinski definition) is 0. The average Bonchev–Trinajstić information content (AvgIpc) is 2.91. The van der Waals surface area contributed by atoms with Gasteiger partial charge < -0.3 is 0 Å². The summed E-state index contributed by atoms with van der Waals surface area (Å²) >= 11 is 0. The molecule has 0 aromatic heterocycles. The summed E-state index contributed by atoms with van der Waals surface area (Å²) in [5.74, 6) is 0.529. The van der Waals surface area contributed by atoms with Gasteiger partial charge in [-0.25, -0.2) is 0 Å². The Morgan fingerprint density at radius 3 is 1.00 bits per heavy atom. The van der Waals surface area contributed by atoms with Crippen LogP contribution in [0, 0.1) is 0 Å². The number of benzene rings is 2. The summed E-state index contributed by atoms with van der Waals surface area (Å²) in [5, 5.41) is 0. The molecule has 2 saturated carbocycles. The van der Waals surface area contributed by atoms with E-state index < -0.39 is 10.8 Å². The second-order valence-electron chi connectivity index (χ2n) is 18.1. The Bertz CT molecular complexity index is 1170. The zero-order valence-corrected chi connectivity index (χ0v) is 29.4. The van der Waals surface area contributed by atoms with Crippen LogP contribution in [-0.2, 0) is 37.3 Å². The van der Waals surface area contributed by atoms with Gasteiger partial charge in [0.2, 0.25) is 0 Å². The summed E-state index contributed by atoms with van der Waals surface area (Å²) in [5.41, 5.74) is 7.58. The van der Waals surface area contributed by atoms with E-state index in [1.807, 2.05) is 0 Å². The predicted octanol–water partition coefficient (Wildman–Crippen LogP) is 11.5. The van der Waals surface area contributed by atoms with Crippen LogP contribution in [0.1, 0.15) is 181 Å². The molecule has 1 nitrogen and oxygen atoms in total. The normalized spacial score (nSPS) is 19.9. The number of ketones is 1. The number of rotatable bonds is 4. The molecule has 42 heavy (non-hydrogen) atoms. The van der Waals surface area contributed by atoms with Crippen molar-refractivity contribution in [3.63, 3.8) is 0 Å². The topological polar surface area (TPSA) is 17.1 Å². The van der Waals surface area contributed by atoms with E-state index in [2.05, 4.69) is 119 Å². The van der Waals surface area contributed by atoms with E-state index in [9.17, 15) is 0 Å². The monoisotopic (exact) mass is 570 g/mol. The van der Waals surface area contributed by atoms with Gasteiger partial charge in [0.15, 0.2) is 5.78 Å². The molecular formula is C41H62O. The van der Waals surface area contributed by atoms with Crippen molar-refractivity contribution in [2.75, 3.05) is 0 Å². The second kappa shape index (κ2) is 11.2. The summed E-state index contributed by atoms with van der Waals surface area (Å²) in [6.07, 6.45) is 11.0. The van der Waals surface area contributed by atoms with Gasteiger partial charge in [-0.3, -0.25) is 4.79 Å². The first-order valence-corrected chi connectivity index (χ1v) is 17.1. The summed E-state index contributed by atoms with van der Waals surface area (Å²) in [6, 6.07) is 14.4. The number of Topliss-reactive ketones (excluding diaryl/α,β-unsaturated/α-hetero) is 1. The zero-order valence-electron chi connectivity index (χ0n) is 29.4. The maximum absolute atomic E-state index is 15.7. The van der Waals surface area contributed by atoms with Crippen molar-refractivity contribution in [1.29, 1.82) is 0 Å². The van der Waals surface area contributed by atoms with Crippen molar-refractivity contribution in [2.24, 2.45) is 0 Å². The van der Waals surface area contributed by atoms with Gasteiger partial charge in [-0.15, -0.1) is 0 Å². The van der Waals surface area contributed by atoms with Crippen LogP contribution in [0.4, 0.5) is 0 Å². The molecule has 1 heteroatoms. The molecule has 2 aromatic carbocycles. The first-order chi connectivity index (χ1) is 19.2. The first kappa shape index (κ1) is 33.0. The lowest BCUT2D eigenvalue weighted by Crippen LogP contribution is -2.51. The van der Waals surface area contributed by atoms with Gasteiger partial charge in [-0.1, -0.05) is 158 Å². The molecule has 0 atom stereocenters. The highest BCUT2D eigenvalue weighted by Crippen LogP contribution is 2.52. The maximum Gasteiger partial charge on any atom is 0.153 e. The third-order valence-electron chi connectivity index (χ3n) is 10.7. The summed E-state index contributed by atoms with van der Waals surface area (Å²) in [7, 11) is 0. The van der Waals surface area contributed by atoms with Gasteiger partial charge in [-0.2, -0.15) is 0 Å². The number of hydrogen-bond acceptors (Lipinski definition) is 1. The van der Waals surface area contributed by atoms with Crippen LogP contribution in [0.15, 0.2) is 36.4 Å². The lowest BCUT2D eigenvalue weighted by atomic mass is 9.54. The molecule has 0 heterocycles. The fourth-order valence-corrected chi connectivity index (χ4v) is 8.30. The third kappa shape index (κ3) is 6.19. The van der Waals surface area contributed by atoms with E-state index >= 15 is 4.79 Å². The van der Waals surface area contributed by atoms with E-state index in [0.29, 0.717) is 5.78 Å². The minimum Gasteiger partial charge on any atom is -0.298 e. The Labute approximate surface area is 259 Å². The Hall–Kier alpha value is -1.89. The van der Waals surface area contributed by atoms with Crippen LogP contribution in [0.5, 0.6) is 0 Å². The van der Waals surface area contributed by atoms with Gasteiger partial charge in [0.1, 0.15) is 0 Å². The molecule has 232 valence electrons. The molecule has 0 saturated heterocycles. The van der Waals surface area contributed by atoms with Crippen molar-refractivity contribution < 1.29 is 4.79 Å². The Kier molecular flexibility index (Phi) is 8.83. The molecule has 2 aliphatic carbocycles. The minimum absolute atomic E-state index is 0.0183. The second-order valence-corrected chi connectivity index (χ2v) is 18.1. The lowest BCUT2D eigenvalue weighted by molar-refractivity contribution is -0.133. The van der Waals surface area contributed by atoms with Crippen molar-refractivity contribution >= 4 is 5.78 Å². The molecule has 0 radical (unpaired) electrons. The van der Waals surface area contributed by atoms with E-state index in [-0.39, 0.29) is 21.7 Å². The molecule has 2 aliphatic rings. The largest absolute Gasteiger partial charge is 0.298 e. The van der Waals surface area contributed by atoms with Crippen LogP contribution >= 0.6 is 0 Å². The zero-order chi connectivity index (χ0) is 31.4. The van der Waals surface area contributed by atoms with E-state index in [1.165, 1.54) is 46.2 Å². The van der Waals surface area contributed by atoms with Gasteiger partial charge in [0, 0.05) is 0 Å². The van der Waals surface area contributed by atoms with Crippen LogP contribution in [-0.4, -0.2) is 5.78 Å². The van der Waals surface area contributed by atoms with E-state index in [4.69, 9.17) is 0 Å². The van der Waals surface area contributed by atoms with Gasteiger partial charge >= 0.3 is 0 Å². The highest BCUT2D eigenvalue weighted by molar-refractivity contribution is 5.99. The summed E-state index contributed by atoms with van der Waals surface area (Å²) < 4.78 is 0. The Balaban J connectivity index is 1.96. The van der Waals surface area contributed by atoms with Gasteiger partial charge in [0.25, 0.3) is 0 Å². The van der Waals surface area contributed by atoms with Crippen LogP contribution in [0.25, 0.3) is 0 Å². The third-order valence-corrected chi connectivity index (χ3v) is 10.7. The SMILES string of the molecule is CC(C)(C)c1ccc(C2(C(=O)C3(c4ccc(C(C)(C)C)c(C(C)(C)C)c4)CCCCC3)CCCCC2)cc1C(C)(C)C. The van der Waals surface area contributed by atoms with Crippen molar-refractivity contribution in [1.82, 2.24) is 0 Å². The molecule has 0 aliphatic heterocycles. The number of carbonyl (C=O) groups is 1. The lowest BCUT2D eigenvalue weighted by Gasteiger charge is -2.47. The van der Waals surface area contributed by atoms with Crippen molar-refractivity contribution in [3.05, 3.63) is 69.8 Å². The predicted molar refractivity (Wildman–Crippen MR) is 182 cm³/mol. The van der Waals surface area contributed by atoms with Crippen LogP contribution in [0.3, 0.4) is 0 Å². The fraction of sp³-hybridized carbons (Fsp3) is 0.683. The molecule has 2 fully saturated rings. The van der Waals surface area contributed by atoms with Crippen LogP contribution in [0.2, 0.25) is 0 Å². The molecule has 2 aromatic rings. The first-order valence-electron chi connectivity index (χ1n) is 17.1. The van der Waals surface area contributed by atoms with Gasteiger partial charge in [-0.05, 0) is 80.7 Å². The molecule has 0 bridgehead atoms. The molecule has 4 rings (SSSR count). The quantitative estimate of drug-likeness (QED) is 0.357. The van der Waals surface area contributed by atoms with Crippen LogP contribution < -0.4 is 0 Å². The minimum atomic E-state index is -0.406. The molecule has 0 N–H and O–H groups in total. The number of carbonyl (C=O) groups excluding carboxylic acids is 1. The molecule has 0 amide bonds. The maximum atomic E-state index is 15.7. The molecular weight excluding hydrogens is 508 g/mol. The standard InChI is InChI=1S/C41H62O/c1-36(2,3)31-21-19-29(27-33(31)38(7,8)9)40(23-15-13-16-24-40)35(42)41(25-17-14-18-26-41)30-20-22-32(37(4,5)6)34(28-30)39(10,11)12/h19-22,27-28H,13-18,23-26H2,1-12H3. The Morgan fingerprint density at radius 2 is 0.738 bits per heavy atom. The van der Waals surface area contributed by atoms with E-state index in [1.54, 1.807) is 0 Å². The van der Waals surface area contributed by atoms with Crippen molar-refractivity contribution in [3.8, 4) is 0 Å². The highest BCUT2D eigenvalue weighted by Gasteiger charge is 2.53. The highest BCUT2D eigenvalue weighted by atomic mass is 16.1. The molecule has 0 spiro atoms. The fourth-order valence-electron chi connectivity index (χ4n) is 8.30. The smallest absolute Gasteiger partial charge is 0.153 e. The van der Waals surface area contributed by atoms with Crippen molar-refractivity contribution in [2.45, 2.75) is 180 Å². The Morgan fingerprint density at radius 1 is 0.452 bits per heavy atom. The van der Waals surface area contributed by atoms with Gasteiger partial charge in [0.05, 0.1) is 10.8 Å².